The lowest BCUT2D eigenvalue weighted by molar-refractivity contribution is -0.147. The summed E-state index contributed by atoms with van der Waals surface area (Å²) < 4.78 is 6.51. The molecule has 3 aromatic rings. The first-order valence-electron chi connectivity index (χ1n) is 8.84. The Morgan fingerprint density at radius 2 is 1.96 bits per heavy atom. The van der Waals surface area contributed by atoms with E-state index in [1.807, 2.05) is 24.4 Å². The molecule has 5 nitrogen and oxygen atoms in total. The van der Waals surface area contributed by atoms with E-state index in [2.05, 4.69) is 24.0 Å². The molecule has 2 heterocycles. The van der Waals surface area contributed by atoms with Gasteiger partial charge in [0.05, 0.1) is 18.3 Å². The minimum absolute atomic E-state index is 0.203. The predicted molar refractivity (Wildman–Crippen MR) is 105 cm³/mol. The van der Waals surface area contributed by atoms with Gasteiger partial charge in [0.15, 0.2) is 0 Å². The van der Waals surface area contributed by atoms with Gasteiger partial charge in [0.25, 0.3) is 5.56 Å². The maximum atomic E-state index is 13.1. The highest BCUT2D eigenvalue weighted by molar-refractivity contribution is 7.17. The summed E-state index contributed by atoms with van der Waals surface area (Å²) in [5.41, 5.74) is 2.88. The summed E-state index contributed by atoms with van der Waals surface area (Å²) in [7, 11) is 0. The van der Waals surface area contributed by atoms with Crippen LogP contribution in [-0.2, 0) is 16.0 Å². The van der Waals surface area contributed by atoms with Gasteiger partial charge in [0, 0.05) is 10.9 Å². The third kappa shape index (κ3) is 3.29. The third-order valence-corrected chi connectivity index (χ3v) is 5.36. The third-order valence-electron chi connectivity index (χ3n) is 4.47. The Labute approximate surface area is 156 Å². The summed E-state index contributed by atoms with van der Waals surface area (Å²) in [5, 5.41) is 2.51. The molecule has 0 amide bonds. The van der Waals surface area contributed by atoms with E-state index in [1.54, 1.807) is 6.92 Å². The van der Waals surface area contributed by atoms with Gasteiger partial charge in [0.1, 0.15) is 10.9 Å². The first-order chi connectivity index (χ1) is 12.6. The van der Waals surface area contributed by atoms with Crippen molar-refractivity contribution in [3.63, 3.8) is 0 Å². The Hall–Kier alpha value is -2.47. The lowest BCUT2D eigenvalue weighted by Crippen LogP contribution is -2.31. The first-order valence-corrected chi connectivity index (χ1v) is 9.72. The molecule has 136 valence electrons. The summed E-state index contributed by atoms with van der Waals surface area (Å²) in [5.74, 6) is -0.401. The summed E-state index contributed by atoms with van der Waals surface area (Å²) in [4.78, 5) is 30.4. The van der Waals surface area contributed by atoms with Gasteiger partial charge in [0.2, 0.25) is 0 Å². The molecule has 0 saturated carbocycles. The van der Waals surface area contributed by atoms with Crippen molar-refractivity contribution in [2.45, 2.75) is 39.7 Å². The Morgan fingerprint density at radius 3 is 2.58 bits per heavy atom. The highest BCUT2D eigenvalue weighted by Crippen LogP contribution is 2.31. The van der Waals surface area contributed by atoms with Crippen LogP contribution >= 0.6 is 11.3 Å². The molecule has 26 heavy (non-hydrogen) atoms. The lowest BCUT2D eigenvalue weighted by Gasteiger charge is -2.16. The number of nitrogens with zero attached hydrogens (tertiary/aromatic N) is 2. The number of hydrogen-bond donors (Lipinski definition) is 0. The molecule has 0 bridgehead atoms. The van der Waals surface area contributed by atoms with Crippen molar-refractivity contribution in [3.8, 4) is 11.1 Å². The minimum atomic E-state index is -0.658. The van der Waals surface area contributed by atoms with Gasteiger partial charge in [-0.1, -0.05) is 38.1 Å². The van der Waals surface area contributed by atoms with Crippen LogP contribution in [0, 0.1) is 0 Å². The Morgan fingerprint density at radius 1 is 1.23 bits per heavy atom. The van der Waals surface area contributed by atoms with E-state index in [0.29, 0.717) is 16.6 Å². The summed E-state index contributed by atoms with van der Waals surface area (Å²) in [6.07, 6.45) is 2.89. The zero-order chi connectivity index (χ0) is 18.7. The van der Waals surface area contributed by atoms with Crippen molar-refractivity contribution < 1.29 is 9.53 Å². The first kappa shape index (κ1) is 18.3. The summed E-state index contributed by atoms with van der Waals surface area (Å²) in [6.45, 7) is 6.01. The smallest absolute Gasteiger partial charge is 0.329 e. The van der Waals surface area contributed by atoms with E-state index < -0.39 is 12.0 Å². The van der Waals surface area contributed by atoms with Gasteiger partial charge in [-0.3, -0.25) is 9.36 Å². The van der Waals surface area contributed by atoms with Gasteiger partial charge in [-0.15, -0.1) is 11.3 Å². The predicted octanol–water partition coefficient (Wildman–Crippen LogP) is 4.20. The van der Waals surface area contributed by atoms with Crippen LogP contribution < -0.4 is 5.56 Å². The van der Waals surface area contributed by atoms with Crippen LogP contribution in [0.5, 0.6) is 0 Å². The minimum Gasteiger partial charge on any atom is -0.464 e. The van der Waals surface area contributed by atoms with E-state index in [4.69, 9.17) is 4.74 Å². The average molecular weight is 370 g/mol. The number of aromatic nitrogens is 2. The van der Waals surface area contributed by atoms with E-state index >= 15 is 0 Å². The van der Waals surface area contributed by atoms with E-state index in [-0.39, 0.29) is 12.2 Å². The molecule has 0 N–H and O–H groups in total. The van der Waals surface area contributed by atoms with Crippen LogP contribution in [0.15, 0.2) is 40.8 Å². The molecular weight excluding hydrogens is 348 g/mol. The number of benzene rings is 1. The molecular formula is C20H22N2O3S. The van der Waals surface area contributed by atoms with Crippen molar-refractivity contribution >= 4 is 27.5 Å². The molecule has 0 saturated heterocycles. The molecule has 0 radical (unpaired) electrons. The highest BCUT2D eigenvalue weighted by Gasteiger charge is 2.23. The Balaban J connectivity index is 2.13. The van der Waals surface area contributed by atoms with E-state index in [9.17, 15) is 9.59 Å². The second-order valence-electron chi connectivity index (χ2n) is 6.01. The Kier molecular flexibility index (Phi) is 5.52. The van der Waals surface area contributed by atoms with Gasteiger partial charge >= 0.3 is 5.97 Å². The molecule has 0 aliphatic rings. The molecule has 1 atom stereocenters. The van der Waals surface area contributed by atoms with Gasteiger partial charge in [-0.25, -0.2) is 9.78 Å². The maximum Gasteiger partial charge on any atom is 0.329 e. The second-order valence-corrected chi connectivity index (χ2v) is 6.87. The molecule has 1 unspecified atom stereocenters. The topological polar surface area (TPSA) is 61.2 Å². The quantitative estimate of drug-likeness (QED) is 0.610. The standard InChI is InChI=1S/C20H22N2O3S/c1-4-13-7-9-14(10-8-13)15-11-26-18-17(15)19(23)22(12-21-18)16(5-2)20(24)25-6-3/h7-12,16H,4-6H2,1-3H3. The summed E-state index contributed by atoms with van der Waals surface area (Å²) in [6, 6.07) is 7.54. The molecule has 0 aliphatic carbocycles. The van der Waals surface area contributed by atoms with Crippen LogP contribution in [0.3, 0.4) is 0 Å². The average Bonchev–Trinajstić information content (AvgIpc) is 3.09. The van der Waals surface area contributed by atoms with E-state index in [1.165, 1.54) is 27.8 Å². The molecule has 3 rings (SSSR count). The number of ether oxygens (including phenoxy) is 1. The number of aryl methyl sites for hydroxylation is 1. The van der Waals surface area contributed by atoms with Crippen molar-refractivity contribution in [2.24, 2.45) is 0 Å². The van der Waals surface area contributed by atoms with Crippen LogP contribution in [0.2, 0.25) is 0 Å². The fourth-order valence-corrected chi connectivity index (χ4v) is 3.92. The lowest BCUT2D eigenvalue weighted by atomic mass is 10.0. The molecule has 1 aromatic carbocycles. The van der Waals surface area contributed by atoms with E-state index in [0.717, 1.165) is 17.5 Å². The largest absolute Gasteiger partial charge is 0.464 e. The fraction of sp³-hybridized carbons (Fsp3) is 0.350. The van der Waals surface area contributed by atoms with Crippen molar-refractivity contribution in [2.75, 3.05) is 6.61 Å². The number of esters is 1. The number of fused-ring (bicyclic) bond motifs is 1. The zero-order valence-electron chi connectivity index (χ0n) is 15.2. The molecule has 0 spiro atoms. The van der Waals surface area contributed by atoms with Crippen molar-refractivity contribution in [3.05, 3.63) is 51.9 Å². The molecule has 2 aromatic heterocycles. The number of carbonyl (C=O) groups excluding carboxylic acids is 1. The monoisotopic (exact) mass is 370 g/mol. The fourth-order valence-electron chi connectivity index (χ4n) is 3.02. The van der Waals surface area contributed by atoms with Crippen LogP contribution in [0.4, 0.5) is 0 Å². The second kappa shape index (κ2) is 7.83. The maximum absolute atomic E-state index is 13.1. The number of thiophene rings is 1. The molecule has 0 aliphatic heterocycles. The molecule has 6 heteroatoms. The van der Waals surface area contributed by atoms with Crippen LogP contribution in [0.1, 0.15) is 38.8 Å². The zero-order valence-corrected chi connectivity index (χ0v) is 16.0. The number of rotatable bonds is 6. The summed E-state index contributed by atoms with van der Waals surface area (Å²) >= 11 is 1.44. The number of carbonyl (C=O) groups is 1. The Bertz CT molecular complexity index is 973. The molecule has 0 fully saturated rings. The van der Waals surface area contributed by atoms with Crippen LogP contribution in [-0.4, -0.2) is 22.1 Å². The highest BCUT2D eigenvalue weighted by atomic mass is 32.1. The number of hydrogen-bond acceptors (Lipinski definition) is 5. The van der Waals surface area contributed by atoms with Crippen LogP contribution in [0.25, 0.3) is 21.3 Å². The van der Waals surface area contributed by atoms with Gasteiger partial charge < -0.3 is 4.74 Å². The van der Waals surface area contributed by atoms with Crippen molar-refractivity contribution in [1.29, 1.82) is 0 Å². The van der Waals surface area contributed by atoms with Crippen molar-refractivity contribution in [1.82, 2.24) is 9.55 Å². The van der Waals surface area contributed by atoms with Gasteiger partial charge in [-0.05, 0) is 30.9 Å². The van der Waals surface area contributed by atoms with Gasteiger partial charge in [-0.2, -0.15) is 0 Å². The normalized spacial score (nSPS) is 12.3. The SMILES string of the molecule is CCOC(=O)C(CC)n1cnc2scc(-c3ccc(CC)cc3)c2c1=O.